The monoisotopic (exact) mass is 962 g/mol. The predicted molar refractivity (Wildman–Crippen MR) is 304 cm³/mol. The molecule has 0 unspecified atom stereocenters. The number of benzene rings is 9. The van der Waals surface area contributed by atoms with Gasteiger partial charge in [-0.3, -0.25) is 0 Å². The highest BCUT2D eigenvalue weighted by Gasteiger charge is 2.27. The predicted octanol–water partition coefficient (Wildman–Crippen LogP) is 16.8. The van der Waals surface area contributed by atoms with Crippen molar-refractivity contribution in [3.8, 4) is 67.8 Å². The SMILES string of the molecule is [2H]c1c(C)c([2H])c(C)c(N(c2ccc(N(c3nc(-c4ccccc4)nc(-c4cccc(-c5ccccc5)c4)n3)c3nc(-c4ccccc4)nc(-c4ccccc4-c4ccccc4)n3)cc2)c2c(C)c([2H])c(C)c([2H])c2C)c1C. The topological polar surface area (TPSA) is 83.8 Å². The lowest BCUT2D eigenvalue weighted by Crippen LogP contribution is -2.19. The highest BCUT2D eigenvalue weighted by atomic mass is 15.4. The van der Waals surface area contributed by atoms with Crippen molar-refractivity contribution >= 4 is 34.6 Å². The fourth-order valence-electron chi connectivity index (χ4n) is 9.73. The molecule has 0 bridgehead atoms. The first kappa shape index (κ1) is 42.3. The van der Waals surface area contributed by atoms with Crippen molar-refractivity contribution in [1.82, 2.24) is 29.9 Å². The van der Waals surface area contributed by atoms with Crippen molar-refractivity contribution in [3.63, 3.8) is 0 Å². The Bertz CT molecular complexity index is 3900. The van der Waals surface area contributed by atoms with Gasteiger partial charge in [-0.2, -0.15) is 19.9 Å². The van der Waals surface area contributed by atoms with Gasteiger partial charge in [0.25, 0.3) is 0 Å². The molecule has 0 fully saturated rings. The number of nitrogens with zero attached hydrogens (tertiary/aromatic N) is 8. The maximum atomic E-state index is 9.22. The van der Waals surface area contributed by atoms with Crippen LogP contribution in [0.15, 0.2) is 218 Å². The molecular weight excluding hydrogens is 905 g/mol. The van der Waals surface area contributed by atoms with Gasteiger partial charge >= 0.3 is 0 Å². The number of hydrogen-bond donors (Lipinski definition) is 0. The van der Waals surface area contributed by atoms with Crippen LogP contribution in [0.25, 0.3) is 67.8 Å². The van der Waals surface area contributed by atoms with Gasteiger partial charge in [-0.05, 0) is 116 Å². The van der Waals surface area contributed by atoms with E-state index in [-0.39, 0.29) is 36.1 Å². The Morgan fingerprint density at radius 1 is 0.297 bits per heavy atom. The molecule has 11 aromatic rings. The third kappa shape index (κ3) is 9.56. The summed E-state index contributed by atoms with van der Waals surface area (Å²) in [5, 5.41) is 0. The van der Waals surface area contributed by atoms with Crippen LogP contribution in [0.5, 0.6) is 0 Å². The maximum absolute atomic E-state index is 9.22. The summed E-state index contributed by atoms with van der Waals surface area (Å²) in [6.07, 6.45) is 0. The standard InChI is InChI=1S/C66H54N8/c1-43-38-45(3)59(46(4)39-43)73(60-47(5)40-44(2)41-48(60)6)55-34-36-56(37-35-55)74(65-69-61(51-26-15-9-16-27-51)67-63(71-65)54-31-21-30-53(42-54)49-22-11-7-12-23-49)66-70-62(52-28-17-10-18-29-52)68-64(72-66)58-33-20-19-32-57(58)50-24-13-8-14-25-50/h7-42H,1-6H3/i38D,39D,40D,41D. The minimum atomic E-state index is 0.242. The maximum Gasteiger partial charge on any atom is 0.241 e. The number of aromatic nitrogens is 6. The van der Waals surface area contributed by atoms with E-state index in [0.717, 1.165) is 44.5 Å². The van der Waals surface area contributed by atoms with E-state index in [9.17, 15) is 5.48 Å². The quantitative estimate of drug-likeness (QED) is 0.120. The summed E-state index contributed by atoms with van der Waals surface area (Å²) in [6, 6.07) is 65.2. The van der Waals surface area contributed by atoms with Crippen LogP contribution in [-0.4, -0.2) is 29.9 Å². The Morgan fingerprint density at radius 3 is 1.14 bits per heavy atom. The van der Waals surface area contributed by atoms with Gasteiger partial charge in [0, 0.05) is 27.9 Å². The molecule has 0 atom stereocenters. The minimum absolute atomic E-state index is 0.242. The lowest BCUT2D eigenvalue weighted by molar-refractivity contribution is 0.964. The average molecular weight is 963 g/mol. The van der Waals surface area contributed by atoms with Crippen molar-refractivity contribution in [2.75, 3.05) is 9.80 Å². The molecule has 9 aromatic carbocycles. The number of hydrogen-bond acceptors (Lipinski definition) is 8. The van der Waals surface area contributed by atoms with E-state index in [1.807, 2.05) is 189 Å². The summed E-state index contributed by atoms with van der Waals surface area (Å²) in [5.74, 6) is 2.22. The zero-order valence-corrected chi connectivity index (χ0v) is 42.1. The second kappa shape index (κ2) is 20.4. The number of rotatable bonds is 12. The first-order chi connectivity index (χ1) is 37.9. The zero-order valence-electron chi connectivity index (χ0n) is 46.1. The number of anilines is 6. The Balaban J connectivity index is 1.19. The summed E-state index contributed by atoms with van der Waals surface area (Å²) in [5.41, 5.74) is 13.6. The van der Waals surface area contributed by atoms with Crippen LogP contribution in [-0.2, 0) is 0 Å². The van der Waals surface area contributed by atoms with Crippen molar-refractivity contribution < 1.29 is 5.48 Å². The van der Waals surface area contributed by atoms with E-state index in [1.54, 1.807) is 13.8 Å². The van der Waals surface area contributed by atoms with Gasteiger partial charge in [-0.25, -0.2) is 14.9 Å². The molecule has 74 heavy (non-hydrogen) atoms. The van der Waals surface area contributed by atoms with Crippen LogP contribution in [0, 0.1) is 41.5 Å². The van der Waals surface area contributed by atoms with Gasteiger partial charge in [0.15, 0.2) is 23.3 Å². The molecule has 2 aromatic heterocycles. The first-order valence-corrected chi connectivity index (χ1v) is 24.6. The van der Waals surface area contributed by atoms with E-state index in [0.29, 0.717) is 79.4 Å². The van der Waals surface area contributed by atoms with Gasteiger partial charge in [-0.1, -0.05) is 199 Å². The average Bonchev–Trinajstić information content (AvgIpc) is 3.52. The molecule has 0 saturated carbocycles. The van der Waals surface area contributed by atoms with E-state index in [2.05, 4.69) is 42.5 Å². The molecule has 8 heteroatoms. The second-order valence-corrected chi connectivity index (χ2v) is 18.3. The molecule has 2 heterocycles. The van der Waals surface area contributed by atoms with E-state index >= 15 is 0 Å². The molecule has 0 spiro atoms. The van der Waals surface area contributed by atoms with Gasteiger partial charge in [0.2, 0.25) is 11.9 Å². The molecule has 8 nitrogen and oxygen atoms in total. The van der Waals surface area contributed by atoms with Crippen molar-refractivity contribution in [1.29, 1.82) is 0 Å². The third-order valence-electron chi connectivity index (χ3n) is 12.9. The van der Waals surface area contributed by atoms with Crippen molar-refractivity contribution in [2.24, 2.45) is 0 Å². The van der Waals surface area contributed by atoms with Gasteiger partial charge < -0.3 is 4.90 Å². The first-order valence-electron chi connectivity index (χ1n) is 26.6. The molecule has 0 aliphatic heterocycles. The molecule has 0 amide bonds. The molecule has 0 saturated heterocycles. The molecule has 0 N–H and O–H groups in total. The Labute approximate surface area is 439 Å². The summed E-state index contributed by atoms with van der Waals surface area (Å²) < 4.78 is 36.9. The lowest BCUT2D eigenvalue weighted by Gasteiger charge is -2.32. The summed E-state index contributed by atoms with van der Waals surface area (Å²) in [7, 11) is 0. The van der Waals surface area contributed by atoms with Crippen LogP contribution < -0.4 is 9.80 Å². The van der Waals surface area contributed by atoms with Gasteiger partial charge in [0.1, 0.15) is 0 Å². The summed E-state index contributed by atoms with van der Waals surface area (Å²) in [4.78, 5) is 35.6. The largest absolute Gasteiger partial charge is 0.309 e. The van der Waals surface area contributed by atoms with E-state index < -0.39 is 0 Å². The minimum Gasteiger partial charge on any atom is -0.309 e. The lowest BCUT2D eigenvalue weighted by atomic mass is 9.98. The van der Waals surface area contributed by atoms with Crippen LogP contribution >= 0.6 is 0 Å². The van der Waals surface area contributed by atoms with Crippen LogP contribution in [0.3, 0.4) is 0 Å². The van der Waals surface area contributed by atoms with Gasteiger partial charge in [-0.15, -0.1) is 0 Å². The smallest absolute Gasteiger partial charge is 0.241 e. The summed E-state index contributed by atoms with van der Waals surface area (Å²) >= 11 is 0. The molecule has 0 radical (unpaired) electrons. The molecule has 11 rings (SSSR count). The highest BCUT2D eigenvalue weighted by molar-refractivity contribution is 5.86. The fourth-order valence-corrected chi connectivity index (χ4v) is 9.73. The van der Waals surface area contributed by atoms with Crippen LogP contribution in [0.4, 0.5) is 34.6 Å². The molecular formula is C66H54N8. The van der Waals surface area contributed by atoms with E-state index in [1.165, 1.54) is 0 Å². The van der Waals surface area contributed by atoms with Crippen molar-refractivity contribution in [2.45, 2.75) is 41.5 Å². The van der Waals surface area contributed by atoms with E-state index in [4.69, 9.17) is 29.9 Å². The Hall–Kier alpha value is -9.40. The Morgan fingerprint density at radius 2 is 0.649 bits per heavy atom. The zero-order chi connectivity index (χ0) is 54.2. The summed E-state index contributed by atoms with van der Waals surface area (Å²) in [6.45, 7) is 11.2. The molecule has 0 aliphatic carbocycles. The highest BCUT2D eigenvalue weighted by Crippen LogP contribution is 2.44. The fraction of sp³-hybridized carbons (Fsp3) is 0.0909. The Kier molecular flexibility index (Phi) is 11.6. The van der Waals surface area contributed by atoms with Crippen molar-refractivity contribution in [3.05, 3.63) is 252 Å². The molecule has 358 valence electrons. The van der Waals surface area contributed by atoms with Crippen LogP contribution in [0.1, 0.15) is 38.9 Å². The third-order valence-corrected chi connectivity index (χ3v) is 12.9. The second-order valence-electron chi connectivity index (χ2n) is 18.3. The molecule has 0 aliphatic rings. The van der Waals surface area contributed by atoms with Crippen LogP contribution in [0.2, 0.25) is 0 Å². The normalized spacial score (nSPS) is 11.9. The van der Waals surface area contributed by atoms with Gasteiger partial charge in [0.05, 0.1) is 22.5 Å².